The first kappa shape index (κ1) is 26.3. The van der Waals surface area contributed by atoms with Crippen molar-refractivity contribution in [3.63, 3.8) is 0 Å². The van der Waals surface area contributed by atoms with E-state index in [0.717, 1.165) is 16.0 Å². The zero-order chi connectivity index (χ0) is 23.0. The fraction of sp³-hybridized carbons (Fsp3) is 0.417. The number of halogens is 2. The summed E-state index contributed by atoms with van der Waals surface area (Å²) in [4.78, 5) is 27.2. The number of hydrogen-bond acceptors (Lipinski definition) is 5. The van der Waals surface area contributed by atoms with E-state index in [1.54, 1.807) is 0 Å². The molecule has 0 bridgehead atoms. The van der Waals surface area contributed by atoms with Gasteiger partial charge in [-0.15, -0.1) is 23.2 Å². The van der Waals surface area contributed by atoms with Crippen LogP contribution in [0, 0.1) is 0 Å². The Morgan fingerprint density at radius 1 is 0.656 bits per heavy atom. The molecule has 6 nitrogen and oxygen atoms in total. The minimum Gasteiger partial charge on any atom is -0.375 e. The van der Waals surface area contributed by atoms with Crippen molar-refractivity contribution in [2.45, 2.75) is 13.2 Å². The number of rotatable bonds is 15. The Bertz CT molecular complexity index is 730. The van der Waals surface area contributed by atoms with Crippen molar-refractivity contribution in [1.29, 1.82) is 0 Å². The van der Waals surface area contributed by atoms with Crippen LogP contribution in [0.4, 0.5) is 0 Å². The molecule has 174 valence electrons. The summed E-state index contributed by atoms with van der Waals surface area (Å²) in [6.45, 7) is 4.06. The van der Waals surface area contributed by atoms with E-state index in [1.807, 2.05) is 60.7 Å². The van der Waals surface area contributed by atoms with E-state index in [9.17, 15) is 9.59 Å². The lowest BCUT2D eigenvalue weighted by atomic mass is 10.2. The highest BCUT2D eigenvalue weighted by Crippen LogP contribution is 2.04. The van der Waals surface area contributed by atoms with Gasteiger partial charge in [0.05, 0.1) is 26.4 Å². The molecule has 0 heterocycles. The molecule has 2 aromatic rings. The van der Waals surface area contributed by atoms with Crippen molar-refractivity contribution in [1.82, 2.24) is 9.80 Å². The molecule has 0 unspecified atom stereocenters. The number of amides is 2. The summed E-state index contributed by atoms with van der Waals surface area (Å²) in [7, 11) is 0. The first-order valence-electron chi connectivity index (χ1n) is 10.5. The predicted octanol–water partition coefficient (Wildman–Crippen LogP) is 3.55. The molecule has 0 aliphatic heterocycles. The normalized spacial score (nSPS) is 11.0. The predicted molar refractivity (Wildman–Crippen MR) is 127 cm³/mol. The standard InChI is InChI=1S/C24H30Cl2N2O4/c25-17-23(29)28(24(30)18-26)12-11-27(13-15-31-19-21-7-3-1-4-8-21)14-16-32-20-22-9-5-2-6-10-22/h1-10H,11-20H2. The van der Waals surface area contributed by atoms with Crippen LogP contribution < -0.4 is 0 Å². The number of alkyl halides is 2. The molecule has 2 rings (SSSR count). The van der Waals surface area contributed by atoms with E-state index < -0.39 is 11.8 Å². The van der Waals surface area contributed by atoms with E-state index in [2.05, 4.69) is 4.90 Å². The summed E-state index contributed by atoms with van der Waals surface area (Å²) < 4.78 is 11.6. The Kier molecular flexibility index (Phi) is 13.0. The SMILES string of the molecule is O=C(CCl)N(CCN(CCOCc1ccccc1)CCOCc1ccccc1)C(=O)CCl. The lowest BCUT2D eigenvalue weighted by Gasteiger charge is -2.26. The van der Waals surface area contributed by atoms with Gasteiger partial charge < -0.3 is 9.47 Å². The number of imide groups is 1. The lowest BCUT2D eigenvalue weighted by molar-refractivity contribution is -0.141. The summed E-state index contributed by atoms with van der Waals surface area (Å²) in [5, 5.41) is 0. The molecule has 0 aliphatic carbocycles. The number of benzene rings is 2. The van der Waals surface area contributed by atoms with Gasteiger partial charge in [-0.2, -0.15) is 0 Å². The third-order valence-corrected chi connectivity index (χ3v) is 5.25. The Morgan fingerprint density at radius 3 is 1.50 bits per heavy atom. The molecule has 0 radical (unpaired) electrons. The molecule has 0 aromatic heterocycles. The molecule has 0 fully saturated rings. The highest BCUT2D eigenvalue weighted by Gasteiger charge is 2.20. The van der Waals surface area contributed by atoms with E-state index in [-0.39, 0.29) is 18.3 Å². The zero-order valence-corrected chi connectivity index (χ0v) is 19.6. The minimum absolute atomic E-state index is 0.217. The first-order chi connectivity index (χ1) is 15.6. The molecule has 32 heavy (non-hydrogen) atoms. The van der Waals surface area contributed by atoms with Crippen molar-refractivity contribution in [3.8, 4) is 0 Å². The van der Waals surface area contributed by atoms with Crippen LogP contribution in [0.25, 0.3) is 0 Å². The van der Waals surface area contributed by atoms with Crippen molar-refractivity contribution in [2.24, 2.45) is 0 Å². The summed E-state index contributed by atoms with van der Waals surface area (Å²) in [5.74, 6) is -1.41. The van der Waals surface area contributed by atoms with Crippen LogP contribution in [-0.4, -0.2) is 72.8 Å². The van der Waals surface area contributed by atoms with Crippen LogP contribution in [0.15, 0.2) is 60.7 Å². The van der Waals surface area contributed by atoms with Crippen LogP contribution >= 0.6 is 23.2 Å². The van der Waals surface area contributed by atoms with Crippen LogP contribution in [0.2, 0.25) is 0 Å². The number of hydrogen-bond donors (Lipinski definition) is 0. The maximum atomic E-state index is 12.0. The minimum atomic E-state index is -0.446. The van der Waals surface area contributed by atoms with Crippen molar-refractivity contribution < 1.29 is 19.1 Å². The third-order valence-electron chi connectivity index (χ3n) is 4.80. The van der Waals surface area contributed by atoms with Gasteiger partial charge in [0.2, 0.25) is 11.8 Å². The molecule has 2 amide bonds. The lowest BCUT2D eigenvalue weighted by Crippen LogP contribution is -2.44. The first-order valence-corrected chi connectivity index (χ1v) is 11.6. The second kappa shape index (κ2) is 15.8. The van der Waals surface area contributed by atoms with Gasteiger partial charge in [0, 0.05) is 26.2 Å². The van der Waals surface area contributed by atoms with Crippen molar-refractivity contribution in [3.05, 3.63) is 71.8 Å². The topological polar surface area (TPSA) is 59.1 Å². The number of carbonyl (C=O) groups is 2. The van der Waals surface area contributed by atoms with Gasteiger partial charge in [-0.05, 0) is 11.1 Å². The van der Waals surface area contributed by atoms with Gasteiger partial charge in [0.25, 0.3) is 0 Å². The third kappa shape index (κ3) is 10.1. The molecule has 0 atom stereocenters. The Morgan fingerprint density at radius 2 is 1.09 bits per heavy atom. The average Bonchev–Trinajstić information content (AvgIpc) is 2.84. The molecule has 0 saturated carbocycles. The molecule has 8 heteroatoms. The van der Waals surface area contributed by atoms with E-state index in [4.69, 9.17) is 32.7 Å². The summed E-state index contributed by atoms with van der Waals surface area (Å²) in [5.41, 5.74) is 2.22. The van der Waals surface area contributed by atoms with Crippen LogP contribution in [-0.2, 0) is 32.3 Å². The Balaban J connectivity index is 1.83. The van der Waals surface area contributed by atoms with Crippen LogP contribution in [0.3, 0.4) is 0 Å². The molecule has 0 saturated heterocycles. The second-order valence-electron chi connectivity index (χ2n) is 7.12. The van der Waals surface area contributed by atoms with Crippen molar-refractivity contribution in [2.75, 3.05) is 51.2 Å². The maximum absolute atomic E-state index is 12.0. The summed E-state index contributed by atoms with van der Waals surface area (Å²) in [6, 6.07) is 19.9. The smallest absolute Gasteiger partial charge is 0.244 e. The highest BCUT2D eigenvalue weighted by molar-refractivity contribution is 6.31. The number of nitrogens with zero attached hydrogens (tertiary/aromatic N) is 2. The van der Waals surface area contributed by atoms with E-state index >= 15 is 0 Å². The summed E-state index contributed by atoms with van der Waals surface area (Å²) >= 11 is 11.3. The number of ether oxygens (including phenoxy) is 2. The highest BCUT2D eigenvalue weighted by atomic mass is 35.5. The van der Waals surface area contributed by atoms with Gasteiger partial charge in [0.15, 0.2) is 0 Å². The largest absolute Gasteiger partial charge is 0.375 e. The number of carbonyl (C=O) groups excluding carboxylic acids is 2. The molecule has 0 N–H and O–H groups in total. The maximum Gasteiger partial charge on any atom is 0.244 e. The quantitative estimate of drug-likeness (QED) is 0.288. The molecule has 0 spiro atoms. The zero-order valence-electron chi connectivity index (χ0n) is 18.1. The molecular formula is C24H30Cl2N2O4. The van der Waals surface area contributed by atoms with Crippen LogP contribution in [0.5, 0.6) is 0 Å². The van der Waals surface area contributed by atoms with Gasteiger partial charge in [0.1, 0.15) is 11.8 Å². The average molecular weight is 481 g/mol. The Hall–Kier alpha value is -1.96. The van der Waals surface area contributed by atoms with Gasteiger partial charge in [-0.1, -0.05) is 60.7 Å². The second-order valence-corrected chi connectivity index (χ2v) is 7.66. The van der Waals surface area contributed by atoms with E-state index in [0.29, 0.717) is 46.1 Å². The fourth-order valence-corrected chi connectivity index (χ4v) is 3.31. The molecule has 2 aromatic carbocycles. The van der Waals surface area contributed by atoms with Gasteiger partial charge in [-0.3, -0.25) is 19.4 Å². The molecule has 0 aliphatic rings. The Labute approximate surface area is 200 Å². The molecular weight excluding hydrogens is 451 g/mol. The van der Waals surface area contributed by atoms with Gasteiger partial charge in [-0.25, -0.2) is 0 Å². The monoisotopic (exact) mass is 480 g/mol. The fourth-order valence-electron chi connectivity index (χ4n) is 3.03. The van der Waals surface area contributed by atoms with E-state index in [1.165, 1.54) is 0 Å². The van der Waals surface area contributed by atoms with Crippen molar-refractivity contribution >= 4 is 35.0 Å². The van der Waals surface area contributed by atoms with Crippen LogP contribution in [0.1, 0.15) is 11.1 Å². The summed E-state index contributed by atoms with van der Waals surface area (Å²) in [6.07, 6.45) is 0. The van der Waals surface area contributed by atoms with Gasteiger partial charge >= 0.3 is 0 Å².